The normalized spacial score (nSPS) is 23.8. The van der Waals surface area contributed by atoms with Gasteiger partial charge in [-0.1, -0.05) is 30.3 Å². The summed E-state index contributed by atoms with van der Waals surface area (Å²) in [6.07, 6.45) is -2.62. The minimum Gasteiger partial charge on any atom is -0.444 e. The number of benzene rings is 1. The zero-order valence-electron chi connectivity index (χ0n) is 9.96. The Kier molecular flexibility index (Phi) is 4.15. The largest absolute Gasteiger partial charge is 0.444 e. The van der Waals surface area contributed by atoms with Gasteiger partial charge in [0.15, 0.2) is 6.23 Å². The maximum absolute atomic E-state index is 13.3. The van der Waals surface area contributed by atoms with Crippen LogP contribution in [0.3, 0.4) is 0 Å². The number of rotatable bonds is 2. The summed E-state index contributed by atoms with van der Waals surface area (Å²) in [6.45, 7) is 0.453. The lowest BCUT2D eigenvalue weighted by atomic mass is 10.1. The van der Waals surface area contributed by atoms with Crippen molar-refractivity contribution < 1.29 is 19.0 Å². The number of aliphatic hydroxyl groups is 1. The van der Waals surface area contributed by atoms with Crippen molar-refractivity contribution in [2.24, 2.45) is 0 Å². The maximum Gasteiger partial charge on any atom is 0.412 e. The average Bonchev–Trinajstić information content (AvgIpc) is 2.40. The van der Waals surface area contributed by atoms with Crippen molar-refractivity contribution in [2.45, 2.75) is 31.8 Å². The maximum atomic E-state index is 13.3. The first kappa shape index (κ1) is 12.8. The molecule has 0 aromatic heterocycles. The fraction of sp³-hybridized carbons (Fsp3) is 0.462. The highest BCUT2D eigenvalue weighted by Gasteiger charge is 2.33. The first-order valence-corrected chi connectivity index (χ1v) is 5.98. The van der Waals surface area contributed by atoms with Crippen LogP contribution in [0.1, 0.15) is 18.4 Å². The van der Waals surface area contributed by atoms with Gasteiger partial charge in [-0.05, 0) is 18.4 Å². The third-order valence-corrected chi connectivity index (χ3v) is 2.96. The van der Waals surface area contributed by atoms with Gasteiger partial charge in [-0.2, -0.15) is 0 Å². The Labute approximate surface area is 105 Å². The van der Waals surface area contributed by atoms with Gasteiger partial charge >= 0.3 is 6.09 Å². The van der Waals surface area contributed by atoms with Gasteiger partial charge in [-0.15, -0.1) is 0 Å². The molecule has 98 valence electrons. The van der Waals surface area contributed by atoms with Gasteiger partial charge in [0.25, 0.3) is 0 Å². The molecule has 2 atom stereocenters. The second kappa shape index (κ2) is 5.82. The third kappa shape index (κ3) is 2.98. The highest BCUT2D eigenvalue weighted by molar-refractivity contribution is 5.68. The Morgan fingerprint density at radius 2 is 2.17 bits per heavy atom. The number of alkyl halides is 1. The first-order chi connectivity index (χ1) is 8.68. The molecule has 2 unspecified atom stereocenters. The van der Waals surface area contributed by atoms with Crippen LogP contribution in [0.4, 0.5) is 9.18 Å². The molecule has 0 spiro atoms. The highest BCUT2D eigenvalue weighted by Crippen LogP contribution is 2.19. The standard InChI is InChI=1S/C13H16FNO3/c14-11-7-4-8-15(12(11)16)13(17)18-9-10-5-2-1-3-6-10/h1-3,5-6,11-12,16H,4,7-9H2. The van der Waals surface area contributed by atoms with Crippen LogP contribution < -0.4 is 0 Å². The molecule has 1 aromatic carbocycles. The number of hydrogen-bond acceptors (Lipinski definition) is 3. The van der Waals surface area contributed by atoms with Crippen molar-refractivity contribution >= 4 is 6.09 Å². The van der Waals surface area contributed by atoms with Crippen LogP contribution in [0, 0.1) is 0 Å². The van der Waals surface area contributed by atoms with E-state index in [9.17, 15) is 14.3 Å². The molecule has 1 fully saturated rings. The molecule has 1 aliphatic rings. The second-order valence-electron chi connectivity index (χ2n) is 4.31. The minimum absolute atomic E-state index is 0.125. The molecule has 4 nitrogen and oxygen atoms in total. The number of likely N-dealkylation sites (tertiary alicyclic amines) is 1. The molecule has 1 aliphatic heterocycles. The third-order valence-electron chi connectivity index (χ3n) is 2.96. The van der Waals surface area contributed by atoms with E-state index in [0.29, 0.717) is 13.0 Å². The van der Waals surface area contributed by atoms with Crippen molar-refractivity contribution in [3.63, 3.8) is 0 Å². The predicted molar refractivity (Wildman–Crippen MR) is 63.5 cm³/mol. The molecule has 1 amide bonds. The molecule has 5 heteroatoms. The topological polar surface area (TPSA) is 49.8 Å². The van der Waals surface area contributed by atoms with Gasteiger partial charge in [-0.3, -0.25) is 4.90 Å². The molecule has 1 saturated heterocycles. The average molecular weight is 253 g/mol. The number of piperidine rings is 1. The molecular formula is C13H16FNO3. The van der Waals surface area contributed by atoms with Crippen molar-refractivity contribution in [3.05, 3.63) is 35.9 Å². The summed E-state index contributed by atoms with van der Waals surface area (Å²) in [7, 11) is 0. The van der Waals surface area contributed by atoms with Crippen LogP contribution in [0.25, 0.3) is 0 Å². The zero-order chi connectivity index (χ0) is 13.0. The van der Waals surface area contributed by atoms with Crippen LogP contribution in [0.5, 0.6) is 0 Å². The van der Waals surface area contributed by atoms with Gasteiger partial charge in [0.05, 0.1) is 0 Å². The number of hydrogen-bond donors (Lipinski definition) is 1. The molecular weight excluding hydrogens is 237 g/mol. The summed E-state index contributed by atoms with van der Waals surface area (Å²) in [5.74, 6) is 0. The number of amides is 1. The fourth-order valence-electron chi connectivity index (χ4n) is 1.93. The van der Waals surface area contributed by atoms with E-state index < -0.39 is 18.5 Å². The van der Waals surface area contributed by atoms with Gasteiger partial charge < -0.3 is 9.84 Å². The summed E-state index contributed by atoms with van der Waals surface area (Å²) in [5.41, 5.74) is 0.856. The number of nitrogens with zero attached hydrogens (tertiary/aromatic N) is 1. The summed E-state index contributed by atoms with van der Waals surface area (Å²) in [5, 5.41) is 9.56. The summed E-state index contributed by atoms with van der Waals surface area (Å²) in [6, 6.07) is 9.22. The van der Waals surface area contributed by atoms with Gasteiger partial charge in [0.2, 0.25) is 0 Å². The van der Waals surface area contributed by atoms with E-state index in [0.717, 1.165) is 10.5 Å². The van der Waals surface area contributed by atoms with Crippen molar-refractivity contribution in [1.29, 1.82) is 0 Å². The Bertz CT molecular complexity index is 398. The monoisotopic (exact) mass is 253 g/mol. The second-order valence-corrected chi connectivity index (χ2v) is 4.31. The molecule has 0 radical (unpaired) electrons. The van der Waals surface area contributed by atoms with Crippen molar-refractivity contribution in [3.8, 4) is 0 Å². The Balaban J connectivity index is 1.88. The van der Waals surface area contributed by atoms with Crippen molar-refractivity contribution in [2.75, 3.05) is 6.54 Å². The Morgan fingerprint density at radius 3 is 2.89 bits per heavy atom. The van der Waals surface area contributed by atoms with Crippen LogP contribution in [0.2, 0.25) is 0 Å². The lowest BCUT2D eigenvalue weighted by Crippen LogP contribution is -2.49. The summed E-state index contributed by atoms with van der Waals surface area (Å²) >= 11 is 0. The smallest absolute Gasteiger partial charge is 0.412 e. The number of aliphatic hydroxyl groups excluding tert-OH is 1. The van der Waals surface area contributed by atoms with E-state index >= 15 is 0 Å². The SMILES string of the molecule is O=C(OCc1ccccc1)N1CCCC(F)C1O. The molecule has 0 bridgehead atoms. The van der Waals surface area contributed by atoms with Gasteiger partial charge in [0.1, 0.15) is 12.8 Å². The van der Waals surface area contributed by atoms with Crippen molar-refractivity contribution in [1.82, 2.24) is 4.90 Å². The van der Waals surface area contributed by atoms with E-state index in [1.54, 1.807) is 0 Å². The van der Waals surface area contributed by atoms with E-state index in [4.69, 9.17) is 4.74 Å². The molecule has 0 aliphatic carbocycles. The highest BCUT2D eigenvalue weighted by atomic mass is 19.1. The molecule has 2 rings (SSSR count). The Morgan fingerprint density at radius 1 is 1.44 bits per heavy atom. The van der Waals surface area contributed by atoms with Crippen LogP contribution in [-0.4, -0.2) is 35.0 Å². The van der Waals surface area contributed by atoms with Crippen LogP contribution in [-0.2, 0) is 11.3 Å². The zero-order valence-corrected chi connectivity index (χ0v) is 9.96. The van der Waals surface area contributed by atoms with Crippen LogP contribution >= 0.6 is 0 Å². The molecule has 18 heavy (non-hydrogen) atoms. The number of ether oxygens (including phenoxy) is 1. The molecule has 1 aromatic rings. The number of carbonyl (C=O) groups excluding carboxylic acids is 1. The quantitative estimate of drug-likeness (QED) is 0.877. The molecule has 1 heterocycles. The number of carbonyl (C=O) groups is 1. The summed E-state index contributed by atoms with van der Waals surface area (Å²) in [4.78, 5) is 12.7. The van der Waals surface area contributed by atoms with E-state index in [1.165, 1.54) is 0 Å². The summed E-state index contributed by atoms with van der Waals surface area (Å²) < 4.78 is 18.3. The predicted octanol–water partition coefficient (Wildman–Crippen LogP) is 2.08. The van der Waals surface area contributed by atoms with E-state index in [2.05, 4.69) is 0 Å². The lowest BCUT2D eigenvalue weighted by Gasteiger charge is -2.33. The Hall–Kier alpha value is -1.62. The number of halogens is 1. The van der Waals surface area contributed by atoms with Gasteiger partial charge in [0, 0.05) is 6.54 Å². The lowest BCUT2D eigenvalue weighted by molar-refractivity contribution is -0.0692. The first-order valence-electron chi connectivity index (χ1n) is 5.98. The van der Waals surface area contributed by atoms with Gasteiger partial charge in [-0.25, -0.2) is 9.18 Å². The van der Waals surface area contributed by atoms with E-state index in [1.807, 2.05) is 30.3 Å². The van der Waals surface area contributed by atoms with Crippen LogP contribution in [0.15, 0.2) is 30.3 Å². The van der Waals surface area contributed by atoms with E-state index in [-0.39, 0.29) is 13.0 Å². The molecule has 1 N–H and O–H groups in total. The molecule has 0 saturated carbocycles. The minimum atomic E-state index is -1.39. The fourth-order valence-corrected chi connectivity index (χ4v) is 1.93.